The molecule has 0 aromatic rings. The third-order valence-corrected chi connectivity index (χ3v) is 4.18. The maximum absolute atomic E-state index is 11.7. The summed E-state index contributed by atoms with van der Waals surface area (Å²) >= 11 is 1.90. The first kappa shape index (κ1) is 12.8. The van der Waals surface area contributed by atoms with E-state index in [0.29, 0.717) is 11.3 Å². The Morgan fingerprint density at radius 2 is 2.13 bits per heavy atom. The van der Waals surface area contributed by atoms with Crippen molar-refractivity contribution in [3.05, 3.63) is 0 Å². The van der Waals surface area contributed by atoms with Crippen LogP contribution >= 0.6 is 11.8 Å². The number of amides is 1. The lowest BCUT2D eigenvalue weighted by atomic mass is 10.0. The average Bonchev–Trinajstić information content (AvgIpc) is 2.64. The van der Waals surface area contributed by atoms with E-state index in [-0.39, 0.29) is 17.9 Å². The maximum Gasteiger partial charge on any atom is 0.237 e. The molecule has 0 radical (unpaired) electrons. The van der Waals surface area contributed by atoms with E-state index in [1.165, 1.54) is 6.42 Å². The van der Waals surface area contributed by atoms with E-state index in [1.807, 2.05) is 25.6 Å². The van der Waals surface area contributed by atoms with Gasteiger partial charge in [0.25, 0.3) is 0 Å². The van der Waals surface area contributed by atoms with Crippen molar-refractivity contribution in [2.75, 3.05) is 6.26 Å². The first-order valence-corrected chi connectivity index (χ1v) is 6.92. The number of hydrogen-bond acceptors (Lipinski definition) is 3. The normalized spacial score (nSPS) is 28.1. The van der Waals surface area contributed by atoms with Crippen molar-refractivity contribution in [3.63, 3.8) is 0 Å². The predicted octanol–water partition coefficient (Wildman–Crippen LogP) is 1.37. The highest BCUT2D eigenvalue weighted by atomic mass is 32.2. The predicted molar refractivity (Wildman–Crippen MR) is 65.9 cm³/mol. The minimum Gasteiger partial charge on any atom is -0.352 e. The van der Waals surface area contributed by atoms with Gasteiger partial charge in [-0.1, -0.05) is 13.8 Å². The van der Waals surface area contributed by atoms with Crippen LogP contribution in [0.4, 0.5) is 0 Å². The summed E-state index contributed by atoms with van der Waals surface area (Å²) in [5.74, 6) is 0.222. The second kappa shape index (κ2) is 5.75. The number of nitrogens with one attached hydrogen (secondary N) is 1. The van der Waals surface area contributed by atoms with Gasteiger partial charge in [0.2, 0.25) is 5.91 Å². The summed E-state index contributed by atoms with van der Waals surface area (Å²) in [6.45, 7) is 3.95. The molecule has 3 nitrogen and oxygen atoms in total. The van der Waals surface area contributed by atoms with Crippen LogP contribution in [0.5, 0.6) is 0 Å². The van der Waals surface area contributed by atoms with Gasteiger partial charge in [0.15, 0.2) is 0 Å². The van der Waals surface area contributed by atoms with Crippen molar-refractivity contribution < 1.29 is 4.79 Å². The molecule has 15 heavy (non-hydrogen) atoms. The van der Waals surface area contributed by atoms with E-state index < -0.39 is 0 Å². The van der Waals surface area contributed by atoms with Crippen molar-refractivity contribution >= 4 is 17.7 Å². The van der Waals surface area contributed by atoms with E-state index in [0.717, 1.165) is 12.8 Å². The van der Waals surface area contributed by atoms with Crippen LogP contribution in [-0.4, -0.2) is 29.5 Å². The van der Waals surface area contributed by atoms with Crippen LogP contribution in [0.3, 0.4) is 0 Å². The van der Waals surface area contributed by atoms with Crippen LogP contribution < -0.4 is 11.1 Å². The van der Waals surface area contributed by atoms with Gasteiger partial charge in [0.1, 0.15) is 0 Å². The molecule has 1 saturated carbocycles. The van der Waals surface area contributed by atoms with Gasteiger partial charge >= 0.3 is 0 Å². The lowest BCUT2D eigenvalue weighted by molar-refractivity contribution is -0.123. The van der Waals surface area contributed by atoms with E-state index in [4.69, 9.17) is 5.73 Å². The molecular weight excluding hydrogens is 208 g/mol. The van der Waals surface area contributed by atoms with Gasteiger partial charge < -0.3 is 11.1 Å². The Labute approximate surface area is 96.6 Å². The molecule has 1 aliphatic rings. The lowest BCUT2D eigenvalue weighted by Crippen LogP contribution is -2.47. The van der Waals surface area contributed by atoms with Crippen molar-refractivity contribution in [2.45, 2.75) is 50.4 Å². The summed E-state index contributed by atoms with van der Waals surface area (Å²) in [6.07, 6.45) is 5.54. The zero-order valence-electron chi connectivity index (χ0n) is 9.82. The van der Waals surface area contributed by atoms with Crippen molar-refractivity contribution in [2.24, 2.45) is 11.7 Å². The number of carbonyl (C=O) groups excluding carboxylic acids is 1. The zero-order valence-corrected chi connectivity index (χ0v) is 10.6. The van der Waals surface area contributed by atoms with Gasteiger partial charge in [-0.05, 0) is 31.4 Å². The highest BCUT2D eigenvalue weighted by Gasteiger charge is 2.27. The van der Waals surface area contributed by atoms with Gasteiger partial charge in [-0.25, -0.2) is 0 Å². The van der Waals surface area contributed by atoms with Crippen molar-refractivity contribution in [1.29, 1.82) is 0 Å². The van der Waals surface area contributed by atoms with Crippen LogP contribution in [0.2, 0.25) is 0 Å². The van der Waals surface area contributed by atoms with E-state index in [1.54, 1.807) is 0 Å². The summed E-state index contributed by atoms with van der Waals surface area (Å²) in [5.41, 5.74) is 5.79. The molecule has 0 aliphatic heterocycles. The fraction of sp³-hybridized carbons (Fsp3) is 0.909. The number of nitrogens with two attached hydrogens (primary N) is 1. The molecule has 88 valence electrons. The third kappa shape index (κ3) is 3.68. The Bertz CT molecular complexity index is 221. The molecule has 4 heteroatoms. The molecule has 1 aliphatic carbocycles. The summed E-state index contributed by atoms with van der Waals surface area (Å²) in [6, 6.07) is -0.0157. The molecule has 0 saturated heterocycles. The number of carbonyl (C=O) groups is 1. The molecule has 0 aromatic heterocycles. The summed E-state index contributed by atoms with van der Waals surface area (Å²) < 4.78 is 0. The first-order valence-electron chi connectivity index (χ1n) is 5.63. The zero-order chi connectivity index (χ0) is 11.4. The largest absolute Gasteiger partial charge is 0.352 e. The number of rotatable bonds is 4. The third-order valence-electron chi connectivity index (χ3n) is 3.09. The molecule has 1 amide bonds. The first-order chi connectivity index (χ1) is 7.04. The Hall–Kier alpha value is -0.220. The minimum absolute atomic E-state index is 0.0109. The quantitative estimate of drug-likeness (QED) is 0.767. The molecule has 3 N–H and O–H groups in total. The summed E-state index contributed by atoms with van der Waals surface area (Å²) in [4.78, 5) is 11.7. The standard InChI is InChI=1S/C11H22N2OS/c1-7(2)10(12)11(14)13-8-4-5-9(6-8)15-3/h7-10H,4-6,12H2,1-3H3,(H,13,14)/t8?,9?,10-/m0/s1. The molecular formula is C11H22N2OS. The van der Waals surface area contributed by atoms with Gasteiger partial charge in [-0.15, -0.1) is 0 Å². The van der Waals surface area contributed by atoms with Crippen LogP contribution in [0.25, 0.3) is 0 Å². The van der Waals surface area contributed by atoms with Crippen LogP contribution in [-0.2, 0) is 4.79 Å². The molecule has 0 bridgehead atoms. The monoisotopic (exact) mass is 230 g/mol. The lowest BCUT2D eigenvalue weighted by Gasteiger charge is -2.19. The smallest absolute Gasteiger partial charge is 0.237 e. The topological polar surface area (TPSA) is 55.1 Å². The van der Waals surface area contributed by atoms with Gasteiger partial charge in [0, 0.05) is 11.3 Å². The van der Waals surface area contributed by atoms with E-state index in [9.17, 15) is 4.79 Å². The van der Waals surface area contributed by atoms with Crippen LogP contribution in [0.15, 0.2) is 0 Å². The maximum atomic E-state index is 11.7. The van der Waals surface area contributed by atoms with Gasteiger partial charge in [0.05, 0.1) is 6.04 Å². The van der Waals surface area contributed by atoms with Crippen LogP contribution in [0.1, 0.15) is 33.1 Å². The highest BCUT2D eigenvalue weighted by molar-refractivity contribution is 7.99. The van der Waals surface area contributed by atoms with Crippen molar-refractivity contribution in [3.8, 4) is 0 Å². The number of thioether (sulfide) groups is 1. The summed E-state index contributed by atoms with van der Waals surface area (Å²) in [5, 5.41) is 3.76. The number of hydrogen-bond donors (Lipinski definition) is 2. The second-order valence-electron chi connectivity index (χ2n) is 4.65. The molecule has 3 atom stereocenters. The Morgan fingerprint density at radius 3 is 2.60 bits per heavy atom. The molecule has 1 fully saturated rings. The SMILES string of the molecule is CSC1CCC(NC(=O)[C@@H](N)C(C)C)C1. The fourth-order valence-corrected chi connectivity index (χ4v) is 2.68. The molecule has 0 spiro atoms. The van der Waals surface area contributed by atoms with Crippen molar-refractivity contribution in [1.82, 2.24) is 5.32 Å². The Morgan fingerprint density at radius 1 is 1.47 bits per heavy atom. The molecule has 0 aromatic carbocycles. The van der Waals surface area contributed by atoms with Gasteiger partial charge in [-0.3, -0.25) is 4.79 Å². The second-order valence-corrected chi connectivity index (χ2v) is 5.78. The molecule has 1 rings (SSSR count). The minimum atomic E-state index is -0.363. The Kier molecular flexibility index (Phi) is 4.93. The average molecular weight is 230 g/mol. The van der Waals surface area contributed by atoms with Gasteiger partial charge in [-0.2, -0.15) is 11.8 Å². The molecule has 2 unspecified atom stereocenters. The van der Waals surface area contributed by atoms with Crippen LogP contribution in [0, 0.1) is 5.92 Å². The van der Waals surface area contributed by atoms with E-state index in [2.05, 4.69) is 11.6 Å². The summed E-state index contributed by atoms with van der Waals surface area (Å²) in [7, 11) is 0. The van der Waals surface area contributed by atoms with E-state index >= 15 is 0 Å². The molecule has 0 heterocycles. The highest BCUT2D eigenvalue weighted by Crippen LogP contribution is 2.28. The Balaban J connectivity index is 2.33. The fourth-order valence-electron chi connectivity index (χ4n) is 1.89.